The van der Waals surface area contributed by atoms with E-state index >= 15 is 0 Å². The van der Waals surface area contributed by atoms with E-state index in [1.807, 2.05) is 30.3 Å². The number of esters is 1. The van der Waals surface area contributed by atoms with Crippen molar-refractivity contribution >= 4 is 39.1 Å². The number of carbonyl (C=O) groups is 2. The molecular weight excluding hydrogens is 454 g/mol. The van der Waals surface area contributed by atoms with Crippen LogP contribution in [0.5, 0.6) is 0 Å². The van der Waals surface area contributed by atoms with E-state index in [9.17, 15) is 9.59 Å². The second kappa shape index (κ2) is 9.39. The van der Waals surface area contributed by atoms with Crippen molar-refractivity contribution in [3.8, 4) is 16.3 Å². The van der Waals surface area contributed by atoms with Crippen LogP contribution in [-0.2, 0) is 22.5 Å². The fraction of sp³-hybridized carbons (Fsp3) is 0.238. The average molecular weight is 476 g/mol. The number of halogens is 1. The van der Waals surface area contributed by atoms with Gasteiger partial charge in [-0.1, -0.05) is 0 Å². The molecule has 0 spiro atoms. The van der Waals surface area contributed by atoms with Crippen molar-refractivity contribution in [2.24, 2.45) is 11.5 Å². The summed E-state index contributed by atoms with van der Waals surface area (Å²) in [5.74, 6) is -0.729. The van der Waals surface area contributed by atoms with E-state index in [0.29, 0.717) is 18.6 Å². The first-order valence-electron chi connectivity index (χ1n) is 9.19. The molecule has 0 radical (unpaired) electrons. The number of thiophene rings is 1. The Labute approximate surface area is 181 Å². The van der Waals surface area contributed by atoms with Gasteiger partial charge in [0.05, 0.1) is 33.1 Å². The van der Waals surface area contributed by atoms with Crippen LogP contribution in [0.4, 0.5) is 0 Å². The van der Waals surface area contributed by atoms with Crippen LogP contribution in [0.3, 0.4) is 0 Å². The number of aromatic nitrogens is 1. The largest absolute Gasteiger partial charge is 0.466 e. The lowest BCUT2D eigenvalue weighted by Crippen LogP contribution is -2.14. The third-order valence-corrected chi connectivity index (χ3v) is 6.15. The van der Waals surface area contributed by atoms with Crippen LogP contribution < -0.4 is 11.5 Å². The maximum absolute atomic E-state index is 11.9. The molecule has 2 aromatic heterocycles. The molecule has 0 aliphatic heterocycles. The van der Waals surface area contributed by atoms with E-state index in [1.165, 1.54) is 0 Å². The molecule has 8 heteroatoms. The summed E-state index contributed by atoms with van der Waals surface area (Å²) in [4.78, 5) is 24.5. The van der Waals surface area contributed by atoms with Crippen LogP contribution in [0, 0.1) is 0 Å². The highest BCUT2D eigenvalue weighted by Gasteiger charge is 2.18. The molecular formula is C21H22BrN3O3S. The highest BCUT2D eigenvalue weighted by Crippen LogP contribution is 2.35. The topological polar surface area (TPSA) is 100 Å². The van der Waals surface area contributed by atoms with Crippen molar-refractivity contribution in [1.29, 1.82) is 0 Å². The normalized spacial score (nSPS) is 10.9. The Hall–Kier alpha value is -2.42. The minimum atomic E-state index is -0.497. The number of hydrogen-bond acceptors (Lipinski definition) is 5. The van der Waals surface area contributed by atoms with Crippen LogP contribution >= 0.6 is 27.3 Å². The fourth-order valence-corrected chi connectivity index (χ4v) is 4.59. The Bertz CT molecular complexity index is 1040. The Morgan fingerprint density at radius 3 is 2.59 bits per heavy atom. The van der Waals surface area contributed by atoms with Gasteiger partial charge in [-0.3, -0.25) is 9.59 Å². The number of benzene rings is 1. The summed E-state index contributed by atoms with van der Waals surface area (Å²) in [6.45, 7) is 2.40. The number of primary amides is 1. The molecule has 29 heavy (non-hydrogen) atoms. The van der Waals surface area contributed by atoms with Crippen molar-refractivity contribution in [3.63, 3.8) is 0 Å². The first-order chi connectivity index (χ1) is 13.9. The second-order valence-corrected chi connectivity index (χ2v) is 8.83. The maximum atomic E-state index is 11.9. The number of hydrogen-bond donors (Lipinski definition) is 2. The summed E-state index contributed by atoms with van der Waals surface area (Å²) in [5.41, 5.74) is 15.4. The van der Waals surface area contributed by atoms with E-state index in [1.54, 1.807) is 30.4 Å². The van der Waals surface area contributed by atoms with Gasteiger partial charge in [0, 0.05) is 17.8 Å². The van der Waals surface area contributed by atoms with Crippen molar-refractivity contribution in [3.05, 3.63) is 63.1 Å². The highest BCUT2D eigenvalue weighted by atomic mass is 79.9. The number of nitrogens with zero attached hydrogens (tertiary/aromatic N) is 1. The van der Waals surface area contributed by atoms with E-state index in [0.717, 1.165) is 31.3 Å². The van der Waals surface area contributed by atoms with E-state index in [4.69, 9.17) is 16.2 Å². The summed E-state index contributed by atoms with van der Waals surface area (Å²) in [7, 11) is 0. The van der Waals surface area contributed by atoms with Crippen molar-refractivity contribution in [1.82, 2.24) is 4.57 Å². The van der Waals surface area contributed by atoms with Crippen LogP contribution in [0.1, 0.15) is 35.0 Å². The molecule has 1 aromatic carbocycles. The summed E-state index contributed by atoms with van der Waals surface area (Å²) < 4.78 is 8.18. The smallest absolute Gasteiger partial charge is 0.306 e. The standard InChI is InChI=1S/C21H22BrN3O3S/c1-2-28-20(26)10-5-15-4-7-17(18-8-9-19(22)29-18)25(15)16-6-3-13(21(24)27)11-14(16)12-23/h3-4,6-9,11H,2,5,10,12,23H2,1H3,(H2,24,27). The van der Waals surface area contributed by atoms with Crippen LogP contribution in [0.25, 0.3) is 16.3 Å². The molecule has 152 valence electrons. The lowest BCUT2D eigenvalue weighted by atomic mass is 10.1. The zero-order valence-electron chi connectivity index (χ0n) is 16.0. The summed E-state index contributed by atoms with van der Waals surface area (Å²) >= 11 is 5.13. The van der Waals surface area contributed by atoms with Gasteiger partial charge in [0.15, 0.2) is 0 Å². The third-order valence-electron chi connectivity index (χ3n) is 4.50. The van der Waals surface area contributed by atoms with Gasteiger partial charge in [0.1, 0.15) is 0 Å². The molecule has 0 unspecified atom stereocenters. The van der Waals surface area contributed by atoms with Crippen molar-refractivity contribution in [2.75, 3.05) is 6.61 Å². The van der Waals surface area contributed by atoms with Gasteiger partial charge >= 0.3 is 5.97 Å². The Kier molecular flexibility index (Phi) is 6.89. The van der Waals surface area contributed by atoms with Gasteiger partial charge in [0.2, 0.25) is 5.91 Å². The zero-order valence-corrected chi connectivity index (χ0v) is 18.4. The Balaban J connectivity index is 2.10. The molecule has 3 aromatic rings. The second-order valence-electron chi connectivity index (χ2n) is 6.37. The quantitative estimate of drug-likeness (QED) is 0.480. The van der Waals surface area contributed by atoms with Gasteiger partial charge in [-0.15, -0.1) is 11.3 Å². The van der Waals surface area contributed by atoms with Crippen LogP contribution in [-0.4, -0.2) is 23.1 Å². The van der Waals surface area contributed by atoms with E-state index in [2.05, 4.69) is 20.5 Å². The number of ether oxygens (including phenoxy) is 1. The molecule has 1 amide bonds. The number of rotatable bonds is 8. The third kappa shape index (κ3) is 4.77. The number of nitrogens with two attached hydrogens (primary N) is 2. The van der Waals surface area contributed by atoms with Gasteiger partial charge in [-0.05, 0) is 77.3 Å². The van der Waals surface area contributed by atoms with Crippen molar-refractivity contribution < 1.29 is 14.3 Å². The molecule has 0 saturated carbocycles. The minimum absolute atomic E-state index is 0.233. The first kappa shape index (κ1) is 21.3. The van der Waals surface area contributed by atoms with E-state index < -0.39 is 5.91 Å². The Morgan fingerprint density at radius 2 is 1.97 bits per heavy atom. The molecule has 0 aliphatic rings. The van der Waals surface area contributed by atoms with Gasteiger partial charge < -0.3 is 20.8 Å². The summed E-state index contributed by atoms with van der Waals surface area (Å²) in [6, 6.07) is 13.3. The predicted octanol–water partition coefficient (Wildman–Crippen LogP) is 4.02. The van der Waals surface area contributed by atoms with E-state index in [-0.39, 0.29) is 18.9 Å². The van der Waals surface area contributed by atoms with Crippen LogP contribution in [0.2, 0.25) is 0 Å². The maximum Gasteiger partial charge on any atom is 0.306 e. The van der Waals surface area contributed by atoms with Gasteiger partial charge in [-0.25, -0.2) is 0 Å². The van der Waals surface area contributed by atoms with Gasteiger partial charge in [-0.2, -0.15) is 0 Å². The molecule has 4 N–H and O–H groups in total. The first-order valence-corrected chi connectivity index (χ1v) is 10.8. The van der Waals surface area contributed by atoms with Crippen LogP contribution in [0.15, 0.2) is 46.3 Å². The molecule has 0 atom stereocenters. The SMILES string of the molecule is CCOC(=O)CCc1ccc(-c2ccc(Br)s2)n1-c1ccc(C(N)=O)cc1CN. The molecule has 0 saturated heterocycles. The molecule has 0 bridgehead atoms. The number of aryl methyl sites for hydroxylation is 1. The fourth-order valence-electron chi connectivity index (χ4n) is 3.19. The molecule has 0 fully saturated rings. The highest BCUT2D eigenvalue weighted by molar-refractivity contribution is 9.11. The van der Waals surface area contributed by atoms with Crippen molar-refractivity contribution in [2.45, 2.75) is 26.3 Å². The lowest BCUT2D eigenvalue weighted by molar-refractivity contribution is -0.143. The van der Waals surface area contributed by atoms with Gasteiger partial charge in [0.25, 0.3) is 0 Å². The lowest BCUT2D eigenvalue weighted by Gasteiger charge is -2.17. The summed E-state index contributed by atoms with van der Waals surface area (Å²) in [5, 5.41) is 0. The molecule has 6 nitrogen and oxygen atoms in total. The molecule has 3 rings (SSSR count). The predicted molar refractivity (Wildman–Crippen MR) is 118 cm³/mol. The molecule has 0 aliphatic carbocycles. The Morgan fingerprint density at radius 1 is 1.17 bits per heavy atom. The monoisotopic (exact) mass is 475 g/mol. The minimum Gasteiger partial charge on any atom is -0.466 e. The number of amides is 1. The summed E-state index contributed by atoms with van der Waals surface area (Å²) in [6.07, 6.45) is 0.801. The molecule has 2 heterocycles. The number of carbonyl (C=O) groups excluding carboxylic acids is 2. The zero-order chi connectivity index (χ0) is 21.0. The average Bonchev–Trinajstić information content (AvgIpc) is 3.31.